The number of carbonyl (C=O) groups is 2. The van der Waals surface area contributed by atoms with Crippen molar-refractivity contribution in [2.24, 2.45) is 5.92 Å². The largest absolute Gasteiger partial charge is 0.481 e. The van der Waals surface area contributed by atoms with E-state index in [1.54, 1.807) is 12.1 Å². The van der Waals surface area contributed by atoms with Crippen molar-refractivity contribution in [1.82, 2.24) is 5.32 Å². The summed E-state index contributed by atoms with van der Waals surface area (Å²) in [6.45, 7) is 0. The van der Waals surface area contributed by atoms with E-state index < -0.39 is 17.3 Å². The predicted octanol–water partition coefficient (Wildman–Crippen LogP) is 1.67. The summed E-state index contributed by atoms with van der Waals surface area (Å²) >= 11 is 0. The van der Waals surface area contributed by atoms with E-state index in [0.29, 0.717) is 12.1 Å². The van der Waals surface area contributed by atoms with Crippen LogP contribution in [0.5, 0.6) is 0 Å². The van der Waals surface area contributed by atoms with E-state index in [-0.39, 0.29) is 11.9 Å². The maximum atomic E-state index is 12.6. The predicted molar refractivity (Wildman–Crippen MR) is 78.7 cm³/mol. The number of carboxylic acid groups (broad SMARTS) is 1. The Morgan fingerprint density at radius 2 is 1.86 bits per heavy atom. The summed E-state index contributed by atoms with van der Waals surface area (Å²) < 4.78 is 0. The molecule has 2 atom stereocenters. The molecule has 0 radical (unpaired) electrons. The lowest BCUT2D eigenvalue weighted by atomic mass is 9.93. The fourth-order valence-corrected chi connectivity index (χ4v) is 3.31. The molecule has 0 saturated heterocycles. The van der Waals surface area contributed by atoms with Crippen LogP contribution in [0, 0.1) is 5.92 Å². The quantitative estimate of drug-likeness (QED) is 0.735. The minimum atomic E-state index is -0.810. The highest BCUT2D eigenvalue weighted by atomic mass is 16.4. The summed E-state index contributed by atoms with van der Waals surface area (Å²) in [5.41, 5.74) is 6.86. The Morgan fingerprint density at radius 3 is 2.43 bits per heavy atom. The third-order valence-electron chi connectivity index (χ3n) is 4.80. The first-order valence-electron chi connectivity index (χ1n) is 7.43. The number of aliphatic carboxylic acids is 1. The van der Waals surface area contributed by atoms with Gasteiger partial charge in [0.05, 0.1) is 11.3 Å². The van der Waals surface area contributed by atoms with Gasteiger partial charge in [0.1, 0.15) is 0 Å². The lowest BCUT2D eigenvalue weighted by Gasteiger charge is -2.22. The fraction of sp³-hybridized carbons (Fsp3) is 0.500. The average Bonchev–Trinajstić information content (AvgIpc) is 3.13. The van der Waals surface area contributed by atoms with Crippen LogP contribution in [0.4, 0.5) is 5.69 Å². The van der Waals surface area contributed by atoms with E-state index in [1.807, 2.05) is 12.1 Å². The maximum Gasteiger partial charge on any atom is 0.308 e. The normalized spacial score (nSPS) is 26.3. The zero-order valence-corrected chi connectivity index (χ0v) is 11.8. The second-order valence-electron chi connectivity index (χ2n) is 6.16. The highest BCUT2D eigenvalue weighted by Crippen LogP contribution is 2.48. The van der Waals surface area contributed by atoms with Gasteiger partial charge in [-0.15, -0.1) is 0 Å². The molecule has 2 unspecified atom stereocenters. The van der Waals surface area contributed by atoms with Crippen LogP contribution in [0.25, 0.3) is 0 Å². The van der Waals surface area contributed by atoms with Gasteiger partial charge in [-0.25, -0.2) is 0 Å². The van der Waals surface area contributed by atoms with Crippen molar-refractivity contribution in [3.8, 4) is 0 Å². The SMILES string of the molecule is Nc1ccc(C2(C(=O)NC3CCCC3C(=O)O)CC2)cc1. The third kappa shape index (κ3) is 2.48. The highest BCUT2D eigenvalue weighted by molar-refractivity contribution is 5.92. The molecule has 5 heteroatoms. The van der Waals surface area contributed by atoms with Crippen LogP contribution in [0.1, 0.15) is 37.7 Å². The number of carbonyl (C=O) groups excluding carboxylic acids is 1. The average molecular weight is 288 g/mol. The van der Waals surface area contributed by atoms with Gasteiger partial charge in [-0.3, -0.25) is 9.59 Å². The topological polar surface area (TPSA) is 92.4 Å². The zero-order chi connectivity index (χ0) is 15.0. The molecule has 1 aromatic carbocycles. The zero-order valence-electron chi connectivity index (χ0n) is 11.8. The van der Waals surface area contributed by atoms with Crippen molar-refractivity contribution in [3.05, 3.63) is 29.8 Å². The molecule has 1 amide bonds. The summed E-state index contributed by atoms with van der Waals surface area (Å²) in [4.78, 5) is 23.8. The van der Waals surface area contributed by atoms with Crippen LogP contribution in [0.3, 0.4) is 0 Å². The smallest absolute Gasteiger partial charge is 0.308 e. The Hall–Kier alpha value is -2.04. The molecule has 4 N–H and O–H groups in total. The van der Waals surface area contributed by atoms with E-state index in [4.69, 9.17) is 5.73 Å². The standard InChI is InChI=1S/C16H20N2O3/c17-11-6-4-10(5-7-11)16(8-9-16)15(21)18-13-3-1-2-12(13)14(19)20/h4-7,12-13H,1-3,8-9,17H2,(H,18,21)(H,19,20). The Morgan fingerprint density at radius 1 is 1.19 bits per heavy atom. The van der Waals surface area contributed by atoms with Crippen LogP contribution < -0.4 is 11.1 Å². The molecular formula is C16H20N2O3. The second kappa shape index (κ2) is 5.06. The maximum absolute atomic E-state index is 12.6. The first kappa shape index (κ1) is 13.9. The van der Waals surface area contributed by atoms with Crippen LogP contribution in [0.15, 0.2) is 24.3 Å². The molecule has 0 spiro atoms. The minimum Gasteiger partial charge on any atom is -0.481 e. The van der Waals surface area contributed by atoms with Crippen molar-refractivity contribution >= 4 is 17.6 Å². The molecular weight excluding hydrogens is 268 g/mol. The summed E-state index contributed by atoms with van der Waals surface area (Å²) in [5.74, 6) is -1.29. The van der Waals surface area contributed by atoms with Gasteiger partial charge in [0, 0.05) is 11.7 Å². The number of carboxylic acids is 1. The van der Waals surface area contributed by atoms with Gasteiger partial charge in [0.2, 0.25) is 5.91 Å². The fourth-order valence-electron chi connectivity index (χ4n) is 3.31. The molecule has 2 aliphatic rings. The van der Waals surface area contributed by atoms with Gasteiger partial charge in [0.15, 0.2) is 0 Å². The number of amides is 1. The molecule has 0 bridgehead atoms. The molecule has 3 rings (SSSR count). The summed E-state index contributed by atoms with van der Waals surface area (Å²) in [7, 11) is 0. The summed E-state index contributed by atoms with van der Waals surface area (Å²) in [5, 5.41) is 12.2. The van der Waals surface area contributed by atoms with Crippen LogP contribution in [-0.4, -0.2) is 23.0 Å². The third-order valence-corrected chi connectivity index (χ3v) is 4.80. The Labute approximate surface area is 123 Å². The number of nitrogen functional groups attached to an aromatic ring is 1. The van der Waals surface area contributed by atoms with Crippen LogP contribution >= 0.6 is 0 Å². The molecule has 5 nitrogen and oxygen atoms in total. The van der Waals surface area contributed by atoms with Gasteiger partial charge in [-0.2, -0.15) is 0 Å². The number of rotatable bonds is 4. The number of nitrogens with one attached hydrogen (secondary N) is 1. The molecule has 21 heavy (non-hydrogen) atoms. The van der Waals surface area contributed by atoms with Crippen molar-refractivity contribution in [3.63, 3.8) is 0 Å². The van der Waals surface area contributed by atoms with E-state index in [2.05, 4.69) is 5.32 Å². The lowest BCUT2D eigenvalue weighted by Crippen LogP contribution is -2.45. The molecule has 112 valence electrons. The number of nitrogens with two attached hydrogens (primary N) is 1. The number of benzene rings is 1. The van der Waals surface area contributed by atoms with Crippen LogP contribution in [0.2, 0.25) is 0 Å². The first-order valence-corrected chi connectivity index (χ1v) is 7.43. The van der Waals surface area contributed by atoms with Gasteiger partial charge >= 0.3 is 5.97 Å². The Kier molecular flexibility index (Phi) is 3.35. The van der Waals surface area contributed by atoms with Crippen molar-refractivity contribution in [2.45, 2.75) is 43.6 Å². The van der Waals surface area contributed by atoms with Gasteiger partial charge in [0.25, 0.3) is 0 Å². The van der Waals surface area contributed by atoms with E-state index in [0.717, 1.165) is 31.2 Å². The Bertz CT molecular complexity index is 563. The summed E-state index contributed by atoms with van der Waals surface area (Å²) in [6.07, 6.45) is 3.88. The second-order valence-corrected chi connectivity index (χ2v) is 6.16. The van der Waals surface area contributed by atoms with Crippen molar-refractivity contribution in [1.29, 1.82) is 0 Å². The molecule has 0 aliphatic heterocycles. The molecule has 2 aliphatic carbocycles. The van der Waals surface area contributed by atoms with Crippen molar-refractivity contribution < 1.29 is 14.7 Å². The monoisotopic (exact) mass is 288 g/mol. The van der Waals surface area contributed by atoms with E-state index in [9.17, 15) is 14.7 Å². The van der Waals surface area contributed by atoms with E-state index >= 15 is 0 Å². The number of anilines is 1. The molecule has 1 aromatic rings. The minimum absolute atomic E-state index is 0.0366. The molecule has 0 aromatic heterocycles. The number of hydrogen-bond acceptors (Lipinski definition) is 3. The summed E-state index contributed by atoms with van der Waals surface area (Å²) in [6, 6.07) is 7.16. The lowest BCUT2D eigenvalue weighted by molar-refractivity contribution is -0.142. The van der Waals surface area contributed by atoms with E-state index in [1.165, 1.54) is 0 Å². The molecule has 2 saturated carbocycles. The van der Waals surface area contributed by atoms with Crippen LogP contribution in [-0.2, 0) is 15.0 Å². The van der Waals surface area contributed by atoms with Gasteiger partial charge < -0.3 is 16.2 Å². The molecule has 0 heterocycles. The van der Waals surface area contributed by atoms with Crippen molar-refractivity contribution in [2.75, 3.05) is 5.73 Å². The van der Waals surface area contributed by atoms with Gasteiger partial charge in [-0.05, 0) is 43.4 Å². The van der Waals surface area contributed by atoms with Gasteiger partial charge in [-0.1, -0.05) is 18.6 Å². The highest BCUT2D eigenvalue weighted by Gasteiger charge is 2.52. The first-order chi connectivity index (χ1) is 10.0. The number of hydrogen-bond donors (Lipinski definition) is 3. The Balaban J connectivity index is 1.73. The molecule has 2 fully saturated rings.